The third-order valence-corrected chi connectivity index (χ3v) is 3.62. The summed E-state index contributed by atoms with van der Waals surface area (Å²) in [5.41, 5.74) is 6.93. The van der Waals surface area contributed by atoms with E-state index in [1.54, 1.807) is 25.1 Å². The standard InChI is InChI=1S/C16H22N2O4/c1-10-5-6-13(15(17)19)14(8-10)18-16(20)11(2)22-9-12-4-3-7-21-12/h5-6,8,11-12H,3-4,7,9H2,1-2H3,(H2,17,19)(H,18,20). The Morgan fingerprint density at radius 1 is 1.50 bits per heavy atom. The fraction of sp³-hybridized carbons (Fsp3) is 0.500. The molecule has 2 amide bonds. The molecule has 1 aromatic rings. The molecule has 0 bridgehead atoms. The van der Waals surface area contributed by atoms with Crippen molar-refractivity contribution in [2.45, 2.75) is 38.9 Å². The molecule has 1 heterocycles. The van der Waals surface area contributed by atoms with E-state index in [1.165, 1.54) is 0 Å². The van der Waals surface area contributed by atoms with E-state index in [0.717, 1.165) is 25.0 Å². The Morgan fingerprint density at radius 3 is 2.91 bits per heavy atom. The molecule has 2 unspecified atom stereocenters. The molecule has 6 heteroatoms. The van der Waals surface area contributed by atoms with E-state index in [1.807, 2.05) is 6.92 Å². The maximum absolute atomic E-state index is 12.2. The Labute approximate surface area is 130 Å². The van der Waals surface area contributed by atoms with E-state index < -0.39 is 12.0 Å². The van der Waals surface area contributed by atoms with Crippen molar-refractivity contribution in [1.82, 2.24) is 0 Å². The van der Waals surface area contributed by atoms with Crippen LogP contribution in [0.25, 0.3) is 0 Å². The number of rotatable bonds is 6. The van der Waals surface area contributed by atoms with Crippen LogP contribution in [0.4, 0.5) is 5.69 Å². The first kappa shape index (κ1) is 16.5. The summed E-state index contributed by atoms with van der Waals surface area (Å²) in [5.74, 6) is -0.894. The van der Waals surface area contributed by atoms with Crippen LogP contribution >= 0.6 is 0 Å². The number of nitrogens with one attached hydrogen (secondary N) is 1. The van der Waals surface area contributed by atoms with Crippen LogP contribution in [0.1, 0.15) is 35.7 Å². The van der Waals surface area contributed by atoms with Gasteiger partial charge >= 0.3 is 0 Å². The van der Waals surface area contributed by atoms with Gasteiger partial charge in [-0.1, -0.05) is 6.07 Å². The van der Waals surface area contributed by atoms with Crippen molar-refractivity contribution in [3.05, 3.63) is 29.3 Å². The second kappa shape index (κ2) is 7.38. The first-order valence-electron chi connectivity index (χ1n) is 7.42. The summed E-state index contributed by atoms with van der Waals surface area (Å²) in [5, 5.41) is 2.70. The predicted molar refractivity (Wildman–Crippen MR) is 82.7 cm³/mol. The molecule has 2 rings (SSSR count). The molecule has 22 heavy (non-hydrogen) atoms. The van der Waals surface area contributed by atoms with E-state index in [2.05, 4.69) is 5.32 Å². The maximum atomic E-state index is 12.2. The van der Waals surface area contributed by atoms with Gasteiger partial charge in [0, 0.05) is 6.61 Å². The van der Waals surface area contributed by atoms with E-state index in [9.17, 15) is 9.59 Å². The summed E-state index contributed by atoms with van der Waals surface area (Å²) in [6, 6.07) is 5.09. The molecule has 1 saturated heterocycles. The Kier molecular flexibility index (Phi) is 5.51. The topological polar surface area (TPSA) is 90.7 Å². The smallest absolute Gasteiger partial charge is 0.253 e. The van der Waals surface area contributed by atoms with Crippen LogP contribution in [0.5, 0.6) is 0 Å². The Hall–Kier alpha value is -1.92. The molecule has 1 aromatic carbocycles. The second-order valence-corrected chi connectivity index (χ2v) is 5.51. The summed E-state index contributed by atoms with van der Waals surface area (Å²) in [6.07, 6.45) is 1.42. The molecule has 3 N–H and O–H groups in total. The Bertz CT molecular complexity index is 553. The molecule has 120 valence electrons. The van der Waals surface area contributed by atoms with E-state index in [0.29, 0.717) is 12.3 Å². The molecule has 1 fully saturated rings. The quantitative estimate of drug-likeness (QED) is 0.835. The van der Waals surface area contributed by atoms with Gasteiger partial charge in [0.05, 0.1) is 24.0 Å². The monoisotopic (exact) mass is 306 g/mol. The van der Waals surface area contributed by atoms with Crippen LogP contribution in [0.2, 0.25) is 0 Å². The Morgan fingerprint density at radius 2 is 2.27 bits per heavy atom. The minimum Gasteiger partial charge on any atom is -0.376 e. The highest BCUT2D eigenvalue weighted by Gasteiger charge is 2.21. The zero-order valence-electron chi connectivity index (χ0n) is 12.9. The third-order valence-electron chi connectivity index (χ3n) is 3.62. The van der Waals surface area contributed by atoms with Crippen molar-refractivity contribution in [2.24, 2.45) is 5.73 Å². The van der Waals surface area contributed by atoms with Crippen LogP contribution < -0.4 is 11.1 Å². The molecule has 2 atom stereocenters. The number of amides is 2. The molecule has 0 saturated carbocycles. The average molecular weight is 306 g/mol. The lowest BCUT2D eigenvalue weighted by Gasteiger charge is -2.17. The summed E-state index contributed by atoms with van der Waals surface area (Å²) in [4.78, 5) is 23.6. The van der Waals surface area contributed by atoms with Gasteiger partial charge in [0.25, 0.3) is 11.8 Å². The van der Waals surface area contributed by atoms with Crippen molar-refractivity contribution >= 4 is 17.5 Å². The van der Waals surface area contributed by atoms with E-state index >= 15 is 0 Å². The van der Waals surface area contributed by atoms with Crippen molar-refractivity contribution in [2.75, 3.05) is 18.5 Å². The third kappa shape index (κ3) is 4.29. The highest BCUT2D eigenvalue weighted by molar-refractivity contribution is 6.04. The van der Waals surface area contributed by atoms with Crippen molar-refractivity contribution in [3.63, 3.8) is 0 Å². The van der Waals surface area contributed by atoms with Gasteiger partial charge in [0.1, 0.15) is 6.10 Å². The first-order valence-corrected chi connectivity index (χ1v) is 7.42. The van der Waals surface area contributed by atoms with Gasteiger partial charge in [-0.15, -0.1) is 0 Å². The van der Waals surface area contributed by atoms with Crippen LogP contribution in [0, 0.1) is 6.92 Å². The van der Waals surface area contributed by atoms with Crippen LogP contribution in [-0.2, 0) is 14.3 Å². The first-order chi connectivity index (χ1) is 10.5. The minimum absolute atomic E-state index is 0.0652. The van der Waals surface area contributed by atoms with Crippen LogP contribution in [-0.4, -0.2) is 37.2 Å². The number of anilines is 1. The number of ether oxygens (including phenoxy) is 2. The lowest BCUT2D eigenvalue weighted by molar-refractivity contribution is -0.128. The van der Waals surface area contributed by atoms with Gasteiger partial charge in [0.2, 0.25) is 0 Å². The molecule has 1 aliphatic heterocycles. The number of primary amides is 1. The van der Waals surface area contributed by atoms with Crippen LogP contribution in [0.15, 0.2) is 18.2 Å². The predicted octanol–water partition coefficient (Wildman–Crippen LogP) is 1.62. The van der Waals surface area contributed by atoms with Gasteiger partial charge in [0.15, 0.2) is 0 Å². The number of nitrogens with two attached hydrogens (primary N) is 1. The number of benzene rings is 1. The van der Waals surface area contributed by atoms with Crippen molar-refractivity contribution < 1.29 is 19.1 Å². The minimum atomic E-state index is -0.634. The lowest BCUT2D eigenvalue weighted by atomic mass is 10.1. The van der Waals surface area contributed by atoms with Gasteiger partial charge in [-0.25, -0.2) is 0 Å². The zero-order valence-corrected chi connectivity index (χ0v) is 12.9. The number of hydrogen-bond acceptors (Lipinski definition) is 4. The van der Waals surface area contributed by atoms with Gasteiger partial charge in [-0.05, 0) is 44.4 Å². The van der Waals surface area contributed by atoms with Crippen LogP contribution in [0.3, 0.4) is 0 Å². The molecule has 0 spiro atoms. The molecule has 0 radical (unpaired) electrons. The van der Waals surface area contributed by atoms with Gasteiger partial charge < -0.3 is 20.5 Å². The average Bonchev–Trinajstić information content (AvgIpc) is 2.97. The molecule has 0 aromatic heterocycles. The molecule has 6 nitrogen and oxygen atoms in total. The molecular weight excluding hydrogens is 284 g/mol. The summed E-state index contributed by atoms with van der Waals surface area (Å²) in [6.45, 7) is 4.69. The number of hydrogen-bond donors (Lipinski definition) is 2. The number of aryl methyl sites for hydroxylation is 1. The highest BCUT2D eigenvalue weighted by atomic mass is 16.5. The lowest BCUT2D eigenvalue weighted by Crippen LogP contribution is -2.31. The Balaban J connectivity index is 1.95. The summed E-state index contributed by atoms with van der Waals surface area (Å²) < 4.78 is 11.0. The number of carbonyl (C=O) groups excluding carboxylic acids is 2. The number of carbonyl (C=O) groups is 2. The van der Waals surface area contributed by atoms with Crippen molar-refractivity contribution in [1.29, 1.82) is 0 Å². The maximum Gasteiger partial charge on any atom is 0.253 e. The van der Waals surface area contributed by atoms with Gasteiger partial charge in [-0.2, -0.15) is 0 Å². The van der Waals surface area contributed by atoms with E-state index in [4.69, 9.17) is 15.2 Å². The van der Waals surface area contributed by atoms with Gasteiger partial charge in [-0.3, -0.25) is 9.59 Å². The summed E-state index contributed by atoms with van der Waals surface area (Å²) in [7, 11) is 0. The fourth-order valence-corrected chi connectivity index (χ4v) is 2.31. The highest BCUT2D eigenvalue weighted by Crippen LogP contribution is 2.18. The molecular formula is C16H22N2O4. The van der Waals surface area contributed by atoms with E-state index in [-0.39, 0.29) is 17.6 Å². The fourth-order valence-electron chi connectivity index (χ4n) is 2.31. The largest absolute Gasteiger partial charge is 0.376 e. The molecule has 0 aliphatic carbocycles. The zero-order chi connectivity index (χ0) is 16.1. The normalized spacial score (nSPS) is 18.9. The SMILES string of the molecule is Cc1ccc(C(N)=O)c(NC(=O)C(C)OCC2CCCO2)c1. The van der Waals surface area contributed by atoms with Crippen molar-refractivity contribution in [3.8, 4) is 0 Å². The second-order valence-electron chi connectivity index (χ2n) is 5.51. The summed E-state index contributed by atoms with van der Waals surface area (Å²) >= 11 is 0. The molecule has 1 aliphatic rings.